The molecule has 2 aromatic rings. The molecule has 0 saturated heterocycles. The minimum absolute atomic E-state index is 0.0595. The number of carbonyl (C=O) groups is 1. The number of nitrogens with one attached hydrogen (secondary N) is 2. The largest absolute Gasteiger partial charge is 0.453 e. The van der Waals surface area contributed by atoms with E-state index < -0.39 is 5.69 Å². The number of hydrogen-bond donors (Lipinski definition) is 2. The third-order valence-electron chi connectivity index (χ3n) is 2.36. The van der Waals surface area contributed by atoms with Gasteiger partial charge >= 0.3 is 5.69 Å². The Labute approximate surface area is 95.9 Å². The SMILES string of the molecule is CCc1[nH]c(=O)[nH]c1C(=O)c1coc(C#N)c1. The lowest BCUT2D eigenvalue weighted by molar-refractivity contribution is 0.103. The molecule has 17 heavy (non-hydrogen) atoms. The van der Waals surface area contributed by atoms with Crippen LogP contribution in [0.25, 0.3) is 0 Å². The van der Waals surface area contributed by atoms with Crippen molar-refractivity contribution in [2.45, 2.75) is 13.3 Å². The predicted molar refractivity (Wildman–Crippen MR) is 57.6 cm³/mol. The molecule has 6 heteroatoms. The summed E-state index contributed by atoms with van der Waals surface area (Å²) in [6.45, 7) is 1.83. The van der Waals surface area contributed by atoms with Gasteiger partial charge in [0.25, 0.3) is 0 Å². The number of aromatic amines is 2. The van der Waals surface area contributed by atoms with Crippen LogP contribution < -0.4 is 5.69 Å². The van der Waals surface area contributed by atoms with Gasteiger partial charge in [0.15, 0.2) is 0 Å². The normalized spacial score (nSPS) is 10.1. The minimum atomic E-state index is -0.422. The lowest BCUT2D eigenvalue weighted by Gasteiger charge is -1.96. The second-order valence-corrected chi connectivity index (χ2v) is 3.43. The van der Waals surface area contributed by atoms with Crippen LogP contribution >= 0.6 is 0 Å². The molecule has 86 valence electrons. The average molecular weight is 231 g/mol. The summed E-state index contributed by atoms with van der Waals surface area (Å²) < 4.78 is 4.85. The fourth-order valence-electron chi connectivity index (χ4n) is 1.54. The van der Waals surface area contributed by atoms with Crippen LogP contribution in [-0.4, -0.2) is 15.8 Å². The Hall–Kier alpha value is -2.55. The van der Waals surface area contributed by atoms with Crippen molar-refractivity contribution in [3.05, 3.63) is 45.5 Å². The van der Waals surface area contributed by atoms with Gasteiger partial charge in [0.1, 0.15) is 18.0 Å². The lowest BCUT2D eigenvalue weighted by Crippen LogP contribution is -2.06. The zero-order valence-corrected chi connectivity index (χ0v) is 9.03. The highest BCUT2D eigenvalue weighted by atomic mass is 16.3. The van der Waals surface area contributed by atoms with Crippen LogP contribution in [0, 0.1) is 11.3 Å². The summed E-state index contributed by atoms with van der Waals surface area (Å²) in [5.74, 6) is -0.310. The number of hydrogen-bond acceptors (Lipinski definition) is 4. The number of H-pyrrole nitrogens is 2. The van der Waals surface area contributed by atoms with Crippen LogP contribution in [0.2, 0.25) is 0 Å². The molecule has 0 fully saturated rings. The molecule has 0 spiro atoms. The van der Waals surface area contributed by atoms with Gasteiger partial charge in [-0.3, -0.25) is 4.79 Å². The number of rotatable bonds is 3. The van der Waals surface area contributed by atoms with Gasteiger partial charge in [-0.15, -0.1) is 0 Å². The molecule has 0 unspecified atom stereocenters. The molecule has 0 amide bonds. The molecule has 2 heterocycles. The van der Waals surface area contributed by atoms with E-state index in [0.717, 1.165) is 0 Å². The third kappa shape index (κ3) is 1.90. The average Bonchev–Trinajstić information content (AvgIpc) is 2.93. The van der Waals surface area contributed by atoms with Crippen LogP contribution in [0.1, 0.15) is 34.4 Å². The number of furan rings is 1. The molecule has 0 aliphatic rings. The van der Waals surface area contributed by atoms with Crippen molar-refractivity contribution < 1.29 is 9.21 Å². The van der Waals surface area contributed by atoms with Crippen molar-refractivity contribution in [2.75, 3.05) is 0 Å². The Balaban J connectivity index is 2.43. The number of nitrogens with zero attached hydrogens (tertiary/aromatic N) is 1. The molecule has 2 N–H and O–H groups in total. The maximum absolute atomic E-state index is 12.0. The monoisotopic (exact) mass is 231 g/mol. The Morgan fingerprint density at radius 3 is 2.88 bits per heavy atom. The zero-order chi connectivity index (χ0) is 12.4. The summed E-state index contributed by atoms with van der Waals surface area (Å²) in [6.07, 6.45) is 1.73. The van der Waals surface area contributed by atoms with E-state index in [1.807, 2.05) is 6.92 Å². The number of aromatic nitrogens is 2. The quantitative estimate of drug-likeness (QED) is 0.768. The summed E-state index contributed by atoms with van der Waals surface area (Å²) >= 11 is 0. The molecule has 6 nitrogen and oxygen atoms in total. The number of ketones is 1. The summed E-state index contributed by atoms with van der Waals surface area (Å²) in [5, 5.41) is 8.59. The maximum atomic E-state index is 12.0. The second-order valence-electron chi connectivity index (χ2n) is 3.43. The summed E-state index contributed by atoms with van der Waals surface area (Å²) in [4.78, 5) is 28.1. The smallest absolute Gasteiger partial charge is 0.323 e. The zero-order valence-electron chi connectivity index (χ0n) is 9.03. The summed E-state index contributed by atoms with van der Waals surface area (Å²) in [5.41, 5.74) is 0.572. The van der Waals surface area contributed by atoms with Gasteiger partial charge in [-0.1, -0.05) is 6.92 Å². The Kier molecular flexibility index (Phi) is 2.66. The van der Waals surface area contributed by atoms with Crippen molar-refractivity contribution in [3.63, 3.8) is 0 Å². The third-order valence-corrected chi connectivity index (χ3v) is 2.36. The van der Waals surface area contributed by atoms with Crippen molar-refractivity contribution in [1.29, 1.82) is 5.26 Å². The Morgan fingerprint density at radius 1 is 1.53 bits per heavy atom. The van der Waals surface area contributed by atoms with E-state index in [-0.39, 0.29) is 22.8 Å². The molecule has 0 aliphatic heterocycles. The highest BCUT2D eigenvalue weighted by Crippen LogP contribution is 2.13. The van der Waals surface area contributed by atoms with Crippen molar-refractivity contribution in [2.24, 2.45) is 0 Å². The van der Waals surface area contributed by atoms with Crippen molar-refractivity contribution in [3.8, 4) is 6.07 Å². The first-order chi connectivity index (χ1) is 8.15. The van der Waals surface area contributed by atoms with Crippen LogP contribution in [-0.2, 0) is 6.42 Å². The Morgan fingerprint density at radius 2 is 2.29 bits per heavy atom. The van der Waals surface area contributed by atoms with Gasteiger partial charge in [-0.2, -0.15) is 5.26 Å². The molecule has 0 bridgehead atoms. The highest BCUT2D eigenvalue weighted by Gasteiger charge is 2.18. The first kappa shape index (κ1) is 11.0. The summed E-state index contributed by atoms with van der Waals surface area (Å²) in [6, 6.07) is 3.13. The van der Waals surface area contributed by atoms with Gasteiger partial charge in [0.05, 0.1) is 5.56 Å². The minimum Gasteiger partial charge on any atom is -0.453 e. The second kappa shape index (κ2) is 4.14. The molecule has 2 rings (SSSR count). The van der Waals surface area contributed by atoms with Crippen molar-refractivity contribution >= 4 is 5.78 Å². The number of aryl methyl sites for hydroxylation is 1. The topological polar surface area (TPSA) is 103 Å². The molecule has 0 atom stereocenters. The standard InChI is InChI=1S/C11H9N3O3/c1-2-8-9(14-11(16)13-8)10(15)6-3-7(4-12)17-5-6/h3,5H,2H2,1H3,(H2,13,14,16). The van der Waals surface area contributed by atoms with Gasteiger partial charge in [0, 0.05) is 11.8 Å². The van der Waals surface area contributed by atoms with Crippen LogP contribution in [0.3, 0.4) is 0 Å². The van der Waals surface area contributed by atoms with E-state index in [9.17, 15) is 9.59 Å². The van der Waals surface area contributed by atoms with E-state index in [1.165, 1.54) is 12.3 Å². The van der Waals surface area contributed by atoms with Gasteiger partial charge in [-0.25, -0.2) is 4.79 Å². The van der Waals surface area contributed by atoms with E-state index in [4.69, 9.17) is 9.68 Å². The van der Waals surface area contributed by atoms with Gasteiger partial charge < -0.3 is 14.4 Å². The number of carbonyl (C=O) groups excluding carboxylic acids is 1. The van der Waals surface area contributed by atoms with Gasteiger partial charge in [-0.05, 0) is 6.42 Å². The fourth-order valence-corrected chi connectivity index (χ4v) is 1.54. The number of imidazole rings is 1. The molecular formula is C11H9N3O3. The predicted octanol–water partition coefficient (Wildman–Crippen LogP) is 0.961. The van der Waals surface area contributed by atoms with Crippen LogP contribution in [0.4, 0.5) is 0 Å². The lowest BCUT2D eigenvalue weighted by atomic mass is 10.1. The summed E-state index contributed by atoms with van der Waals surface area (Å²) in [7, 11) is 0. The molecule has 0 saturated carbocycles. The number of nitriles is 1. The van der Waals surface area contributed by atoms with E-state index in [0.29, 0.717) is 12.1 Å². The van der Waals surface area contributed by atoms with Gasteiger partial charge in [0.2, 0.25) is 11.5 Å². The molecule has 2 aromatic heterocycles. The first-order valence-electron chi connectivity index (χ1n) is 5.00. The molecule has 0 aliphatic carbocycles. The van der Waals surface area contributed by atoms with E-state index in [2.05, 4.69) is 9.97 Å². The maximum Gasteiger partial charge on any atom is 0.323 e. The van der Waals surface area contributed by atoms with E-state index in [1.54, 1.807) is 6.07 Å². The fraction of sp³-hybridized carbons (Fsp3) is 0.182. The van der Waals surface area contributed by atoms with Crippen LogP contribution in [0.15, 0.2) is 21.5 Å². The highest BCUT2D eigenvalue weighted by molar-refractivity contribution is 6.08. The molecule has 0 aromatic carbocycles. The molecule has 0 radical (unpaired) electrons. The van der Waals surface area contributed by atoms with Crippen molar-refractivity contribution in [1.82, 2.24) is 9.97 Å². The van der Waals surface area contributed by atoms with Crippen LogP contribution in [0.5, 0.6) is 0 Å². The Bertz CT molecular complexity index is 654. The van der Waals surface area contributed by atoms with E-state index >= 15 is 0 Å². The molecular weight excluding hydrogens is 222 g/mol. The first-order valence-corrected chi connectivity index (χ1v) is 5.00.